The van der Waals surface area contributed by atoms with Gasteiger partial charge in [-0.15, -0.1) is 0 Å². The van der Waals surface area contributed by atoms with E-state index >= 15 is 0 Å². The molecule has 11 heteroatoms. The first-order valence-electron chi connectivity index (χ1n) is 13.8. The molecule has 2 aromatic carbocycles. The summed E-state index contributed by atoms with van der Waals surface area (Å²) >= 11 is 0. The van der Waals surface area contributed by atoms with E-state index in [1.807, 2.05) is 19.1 Å². The average Bonchev–Trinajstić information content (AvgIpc) is 2.98. The summed E-state index contributed by atoms with van der Waals surface area (Å²) in [5.74, 6) is -0.468. The van der Waals surface area contributed by atoms with Gasteiger partial charge in [0.2, 0.25) is 15.9 Å². The molecule has 0 bridgehead atoms. The summed E-state index contributed by atoms with van der Waals surface area (Å²) in [6.45, 7) is 3.50. The second-order valence-electron chi connectivity index (χ2n) is 11.0. The van der Waals surface area contributed by atoms with E-state index in [0.717, 1.165) is 5.56 Å². The van der Waals surface area contributed by atoms with Crippen LogP contribution in [0.15, 0.2) is 71.8 Å². The number of aliphatic hydroxyl groups excluding tert-OH is 1. The largest absolute Gasteiger partial charge is 0.487 e. The second kappa shape index (κ2) is 13.0. The fourth-order valence-corrected chi connectivity index (χ4v) is 6.70. The molecule has 0 spiro atoms. The number of aromatic nitrogens is 1. The Morgan fingerprint density at radius 3 is 2.48 bits per heavy atom. The lowest BCUT2D eigenvalue weighted by Crippen LogP contribution is -2.50. The van der Waals surface area contributed by atoms with Crippen molar-refractivity contribution < 1.29 is 27.9 Å². The van der Waals surface area contributed by atoms with E-state index in [1.54, 1.807) is 81.6 Å². The van der Waals surface area contributed by atoms with Gasteiger partial charge in [0.05, 0.1) is 19.6 Å². The van der Waals surface area contributed by atoms with E-state index in [0.29, 0.717) is 16.8 Å². The van der Waals surface area contributed by atoms with Crippen LogP contribution in [-0.4, -0.2) is 97.4 Å². The summed E-state index contributed by atoms with van der Waals surface area (Å²) in [6.07, 6.45) is 1.21. The molecule has 1 N–H and O–H groups in total. The zero-order valence-electron chi connectivity index (χ0n) is 24.6. The predicted octanol–water partition coefficient (Wildman–Crippen LogP) is 2.92. The van der Waals surface area contributed by atoms with E-state index < -0.39 is 22.2 Å². The number of fused-ring (bicyclic) bond motifs is 1. The number of sulfonamides is 1. The third kappa shape index (κ3) is 6.80. The summed E-state index contributed by atoms with van der Waals surface area (Å²) in [6, 6.07) is 16.7. The van der Waals surface area contributed by atoms with Crippen molar-refractivity contribution in [2.75, 3.05) is 40.8 Å². The van der Waals surface area contributed by atoms with Gasteiger partial charge in [-0.2, -0.15) is 4.31 Å². The number of ether oxygens (including phenoxy) is 1. The minimum absolute atomic E-state index is 0.0218. The normalized spacial score (nSPS) is 19.0. The maximum absolute atomic E-state index is 13.8. The topological polar surface area (TPSA) is 120 Å². The molecule has 0 saturated carbocycles. The molecule has 3 aromatic rings. The highest BCUT2D eigenvalue weighted by Gasteiger charge is 2.38. The number of likely N-dealkylation sites (N-methyl/N-ethyl adjacent to an activating group) is 1. The van der Waals surface area contributed by atoms with Crippen LogP contribution >= 0.6 is 0 Å². The fourth-order valence-electron chi connectivity index (χ4n) is 4.88. The number of nitrogens with zero attached hydrogens (tertiary/aromatic N) is 4. The lowest BCUT2D eigenvalue weighted by Gasteiger charge is -2.37. The highest BCUT2D eigenvalue weighted by atomic mass is 32.2. The summed E-state index contributed by atoms with van der Waals surface area (Å²) in [4.78, 5) is 32.9. The quantitative estimate of drug-likeness (QED) is 0.426. The Kier molecular flexibility index (Phi) is 9.65. The Labute approximate surface area is 247 Å². The molecule has 0 fully saturated rings. The first-order valence-corrected chi connectivity index (χ1v) is 15.3. The van der Waals surface area contributed by atoms with Crippen LogP contribution in [-0.2, 0) is 21.2 Å². The summed E-state index contributed by atoms with van der Waals surface area (Å²) in [5, 5.41) is 9.92. The Bertz CT molecular complexity index is 1530. The number of rotatable bonds is 8. The molecule has 2 heterocycles. The lowest BCUT2D eigenvalue weighted by molar-refractivity contribution is -0.130. The van der Waals surface area contributed by atoms with Crippen LogP contribution in [0.5, 0.6) is 5.75 Å². The van der Waals surface area contributed by atoms with Crippen molar-refractivity contribution in [3.63, 3.8) is 0 Å². The second-order valence-corrected chi connectivity index (χ2v) is 12.8. The van der Waals surface area contributed by atoms with E-state index in [1.165, 1.54) is 15.3 Å². The minimum Gasteiger partial charge on any atom is -0.487 e. The van der Waals surface area contributed by atoms with Crippen LogP contribution in [0.2, 0.25) is 0 Å². The van der Waals surface area contributed by atoms with Gasteiger partial charge in [-0.1, -0.05) is 31.2 Å². The molecule has 0 unspecified atom stereocenters. The van der Waals surface area contributed by atoms with Crippen molar-refractivity contribution in [2.24, 2.45) is 5.92 Å². The first-order chi connectivity index (χ1) is 19.9. The van der Waals surface area contributed by atoms with Crippen molar-refractivity contribution in [3.8, 4) is 16.9 Å². The van der Waals surface area contributed by atoms with Crippen LogP contribution < -0.4 is 4.74 Å². The van der Waals surface area contributed by atoms with E-state index in [2.05, 4.69) is 4.98 Å². The van der Waals surface area contributed by atoms with Gasteiger partial charge in [0, 0.05) is 57.1 Å². The van der Waals surface area contributed by atoms with Gasteiger partial charge in [0.1, 0.15) is 16.7 Å². The van der Waals surface area contributed by atoms with Crippen LogP contribution in [0.4, 0.5) is 0 Å². The van der Waals surface area contributed by atoms with Gasteiger partial charge in [0.25, 0.3) is 5.91 Å². The third-order valence-electron chi connectivity index (χ3n) is 7.45. The van der Waals surface area contributed by atoms with E-state index in [-0.39, 0.29) is 54.5 Å². The van der Waals surface area contributed by atoms with Crippen LogP contribution in [0.25, 0.3) is 11.1 Å². The molecule has 0 radical (unpaired) electrons. The Hall–Kier alpha value is -3.80. The monoisotopic (exact) mass is 594 g/mol. The molecular formula is C31H38N4O6S. The first kappa shape index (κ1) is 31.1. The Morgan fingerprint density at radius 1 is 1.07 bits per heavy atom. The van der Waals surface area contributed by atoms with Gasteiger partial charge in [-0.3, -0.25) is 14.6 Å². The molecule has 224 valence electrons. The maximum atomic E-state index is 13.8. The number of aliphatic hydroxyl groups is 1. The molecule has 2 amide bonds. The molecule has 1 aromatic heterocycles. The number of carbonyl (C=O) groups excluding carboxylic acids is 2. The number of carbonyl (C=O) groups is 2. The van der Waals surface area contributed by atoms with Gasteiger partial charge in [0.15, 0.2) is 0 Å². The Balaban J connectivity index is 1.72. The lowest BCUT2D eigenvalue weighted by atomic mass is 10.0. The number of hydrogen-bond donors (Lipinski definition) is 1. The van der Waals surface area contributed by atoms with Crippen molar-refractivity contribution in [2.45, 2.75) is 37.3 Å². The van der Waals surface area contributed by atoms with Crippen molar-refractivity contribution >= 4 is 21.8 Å². The van der Waals surface area contributed by atoms with Gasteiger partial charge in [-0.25, -0.2) is 8.42 Å². The molecule has 4 rings (SSSR count). The van der Waals surface area contributed by atoms with Crippen LogP contribution in [0.3, 0.4) is 0 Å². The zero-order chi connectivity index (χ0) is 30.6. The van der Waals surface area contributed by atoms with Crippen molar-refractivity contribution in [3.05, 3.63) is 78.1 Å². The maximum Gasteiger partial charge on any atom is 0.253 e. The van der Waals surface area contributed by atoms with Crippen LogP contribution in [0, 0.1) is 5.92 Å². The molecular weight excluding hydrogens is 556 g/mol. The standard InChI is InChI=1S/C31H38N4O6S/c1-21-18-35(22(2)20-36)42(39,40)29-13-12-24(23-9-8-10-25(15-23)31(38)33(3)4)16-27(29)41-28(21)19-34(5)30(37)17-26-11-6-7-14-32-26/h6-16,21-22,28,36H,17-20H2,1-5H3/t21-,22+,28-/m1/s1. The number of amides is 2. The Morgan fingerprint density at radius 2 is 1.81 bits per heavy atom. The molecule has 10 nitrogen and oxygen atoms in total. The molecule has 3 atom stereocenters. The van der Waals surface area contributed by atoms with Crippen LogP contribution in [0.1, 0.15) is 29.9 Å². The minimum atomic E-state index is -4.03. The molecule has 0 saturated heterocycles. The summed E-state index contributed by atoms with van der Waals surface area (Å²) in [5.41, 5.74) is 2.55. The van der Waals surface area contributed by atoms with Gasteiger partial charge < -0.3 is 19.6 Å². The average molecular weight is 595 g/mol. The number of pyridine rings is 1. The number of benzene rings is 2. The summed E-state index contributed by atoms with van der Waals surface area (Å²) in [7, 11) is 1.02. The van der Waals surface area contributed by atoms with E-state index in [9.17, 15) is 23.1 Å². The van der Waals surface area contributed by atoms with Crippen molar-refractivity contribution in [1.82, 2.24) is 19.1 Å². The predicted molar refractivity (Wildman–Crippen MR) is 159 cm³/mol. The molecule has 1 aliphatic heterocycles. The van der Waals surface area contributed by atoms with Gasteiger partial charge in [-0.05, 0) is 54.4 Å². The molecule has 42 heavy (non-hydrogen) atoms. The third-order valence-corrected chi connectivity index (χ3v) is 9.47. The smallest absolute Gasteiger partial charge is 0.253 e. The SMILES string of the molecule is C[C@@H]1CN([C@@H](C)CO)S(=O)(=O)c2ccc(-c3cccc(C(=O)N(C)C)c3)cc2O[C@@H]1CN(C)C(=O)Cc1ccccn1. The fraction of sp³-hybridized carbons (Fsp3) is 0.387. The van der Waals surface area contributed by atoms with Crippen molar-refractivity contribution in [1.29, 1.82) is 0 Å². The summed E-state index contributed by atoms with van der Waals surface area (Å²) < 4.78 is 35.4. The number of hydrogen-bond acceptors (Lipinski definition) is 7. The van der Waals surface area contributed by atoms with Gasteiger partial charge >= 0.3 is 0 Å². The molecule has 1 aliphatic rings. The highest BCUT2D eigenvalue weighted by molar-refractivity contribution is 7.89. The highest BCUT2D eigenvalue weighted by Crippen LogP contribution is 2.37. The van der Waals surface area contributed by atoms with E-state index in [4.69, 9.17) is 4.74 Å². The molecule has 0 aliphatic carbocycles. The zero-order valence-corrected chi connectivity index (χ0v) is 25.4.